The molecule has 6 rings (SSSR count). The number of hydrogen-bond acceptors (Lipinski definition) is 5. The highest BCUT2D eigenvalue weighted by atomic mass is 16.5. The predicted octanol–water partition coefficient (Wildman–Crippen LogP) is 6.62. The highest BCUT2D eigenvalue weighted by Gasteiger charge is 2.31. The van der Waals surface area contributed by atoms with E-state index in [4.69, 9.17) is 9.47 Å². The molecule has 2 aliphatic rings. The molecule has 206 valence electrons. The van der Waals surface area contributed by atoms with Crippen LogP contribution in [0, 0.1) is 0 Å². The molecule has 6 heteroatoms. The first-order valence-electron chi connectivity index (χ1n) is 14.0. The quantitative estimate of drug-likeness (QED) is 0.239. The summed E-state index contributed by atoms with van der Waals surface area (Å²) in [5.74, 6) is -0.768. The van der Waals surface area contributed by atoms with Gasteiger partial charge < -0.3 is 14.8 Å². The second-order valence-electron chi connectivity index (χ2n) is 10.6. The minimum Gasteiger partial charge on any atom is -0.465 e. The molecule has 0 saturated carbocycles. The Hall–Kier alpha value is -4.71. The van der Waals surface area contributed by atoms with Crippen molar-refractivity contribution in [1.29, 1.82) is 0 Å². The number of hydrogen-bond donors (Lipinski definition) is 1. The van der Waals surface area contributed by atoms with Crippen molar-refractivity contribution in [3.05, 3.63) is 119 Å². The number of amides is 1. The lowest BCUT2D eigenvalue weighted by Crippen LogP contribution is -2.40. The number of ketones is 1. The average Bonchev–Trinajstić information content (AvgIpc) is 3.49. The highest BCUT2D eigenvalue weighted by molar-refractivity contribution is 5.86. The molecule has 2 aliphatic carbocycles. The number of esters is 1. The molecule has 4 aromatic carbocycles. The summed E-state index contributed by atoms with van der Waals surface area (Å²) in [7, 11) is 0. The lowest BCUT2D eigenvalue weighted by atomic mass is 9.98. The zero-order chi connectivity index (χ0) is 28.3. The number of alkyl carbamates (subject to hydrolysis) is 1. The summed E-state index contributed by atoms with van der Waals surface area (Å²) in [5.41, 5.74) is 9.10. The molecule has 1 amide bonds. The second kappa shape index (κ2) is 11.4. The zero-order valence-corrected chi connectivity index (χ0v) is 22.8. The van der Waals surface area contributed by atoms with Gasteiger partial charge in [-0.3, -0.25) is 9.59 Å². The van der Waals surface area contributed by atoms with E-state index < -0.39 is 18.1 Å². The molecular formula is C35H31NO5. The van der Waals surface area contributed by atoms with E-state index in [-0.39, 0.29) is 43.7 Å². The van der Waals surface area contributed by atoms with Gasteiger partial charge in [-0.15, -0.1) is 0 Å². The van der Waals surface area contributed by atoms with E-state index in [1.54, 1.807) is 0 Å². The van der Waals surface area contributed by atoms with Gasteiger partial charge >= 0.3 is 12.1 Å². The molecule has 0 fully saturated rings. The number of ether oxygens (including phenoxy) is 2. The third-order valence-electron chi connectivity index (χ3n) is 8.14. The van der Waals surface area contributed by atoms with Crippen LogP contribution in [0.1, 0.15) is 53.9 Å². The molecule has 0 saturated heterocycles. The smallest absolute Gasteiger partial charge is 0.407 e. The summed E-state index contributed by atoms with van der Waals surface area (Å²) in [6.07, 6.45) is -0.542. The van der Waals surface area contributed by atoms with E-state index in [0.29, 0.717) is 0 Å². The maximum Gasteiger partial charge on any atom is 0.407 e. The van der Waals surface area contributed by atoms with Gasteiger partial charge in [-0.2, -0.15) is 0 Å². The first-order valence-corrected chi connectivity index (χ1v) is 14.0. The second-order valence-corrected chi connectivity index (χ2v) is 10.6. The van der Waals surface area contributed by atoms with E-state index in [1.807, 2.05) is 60.7 Å². The summed E-state index contributed by atoms with van der Waals surface area (Å²) >= 11 is 0. The van der Waals surface area contributed by atoms with Crippen LogP contribution in [0.25, 0.3) is 22.3 Å². The Kier molecular flexibility index (Phi) is 7.38. The Balaban J connectivity index is 1.02. The van der Waals surface area contributed by atoms with Crippen molar-refractivity contribution in [2.75, 3.05) is 13.2 Å². The maximum absolute atomic E-state index is 12.7. The molecule has 0 bridgehead atoms. The molecule has 0 aromatic heterocycles. The normalized spacial score (nSPS) is 13.9. The number of carbonyl (C=O) groups excluding carboxylic acids is 3. The largest absolute Gasteiger partial charge is 0.465 e. The monoisotopic (exact) mass is 545 g/mol. The van der Waals surface area contributed by atoms with Crippen LogP contribution < -0.4 is 5.32 Å². The summed E-state index contributed by atoms with van der Waals surface area (Å²) < 4.78 is 11.3. The number of benzene rings is 4. The van der Waals surface area contributed by atoms with Crippen LogP contribution in [0.5, 0.6) is 0 Å². The lowest BCUT2D eigenvalue weighted by molar-refractivity contribution is -0.144. The molecule has 1 N–H and O–H groups in total. The third-order valence-corrected chi connectivity index (χ3v) is 8.14. The Morgan fingerprint density at radius 2 is 1.02 bits per heavy atom. The summed E-state index contributed by atoms with van der Waals surface area (Å²) in [6.45, 7) is 1.76. The SMILES string of the molecule is CC(=O)C(CCC(=O)OCC1c2ccccc2-c2ccccc21)NC(=O)OCC1c2ccccc2-c2ccccc21. The molecular weight excluding hydrogens is 514 g/mol. The Morgan fingerprint density at radius 3 is 1.44 bits per heavy atom. The number of rotatable bonds is 9. The van der Waals surface area contributed by atoms with Crippen molar-refractivity contribution in [1.82, 2.24) is 5.32 Å². The van der Waals surface area contributed by atoms with Crippen molar-refractivity contribution in [2.24, 2.45) is 0 Å². The number of carbonyl (C=O) groups is 3. The average molecular weight is 546 g/mol. The van der Waals surface area contributed by atoms with E-state index >= 15 is 0 Å². The van der Waals surface area contributed by atoms with Crippen LogP contribution >= 0.6 is 0 Å². The lowest BCUT2D eigenvalue weighted by Gasteiger charge is -2.18. The predicted molar refractivity (Wildman–Crippen MR) is 157 cm³/mol. The van der Waals surface area contributed by atoms with Crippen LogP contribution in [-0.4, -0.2) is 37.1 Å². The fraction of sp³-hybridized carbons (Fsp3) is 0.229. The van der Waals surface area contributed by atoms with Gasteiger partial charge in [0.25, 0.3) is 0 Å². The number of fused-ring (bicyclic) bond motifs is 6. The van der Waals surface area contributed by atoms with E-state index in [0.717, 1.165) is 44.5 Å². The topological polar surface area (TPSA) is 81.7 Å². The van der Waals surface area contributed by atoms with Crippen molar-refractivity contribution in [2.45, 2.75) is 37.6 Å². The van der Waals surface area contributed by atoms with Gasteiger partial charge in [-0.1, -0.05) is 97.1 Å². The maximum atomic E-state index is 12.7. The number of Topliss-reactive ketones (excluding diaryl/α,β-unsaturated/α-hetero) is 1. The van der Waals surface area contributed by atoms with Gasteiger partial charge in [0.1, 0.15) is 13.2 Å². The highest BCUT2D eigenvalue weighted by Crippen LogP contribution is 2.45. The van der Waals surface area contributed by atoms with Gasteiger partial charge in [0.05, 0.1) is 6.04 Å². The Bertz CT molecular complexity index is 1540. The fourth-order valence-electron chi connectivity index (χ4n) is 6.11. The molecule has 6 nitrogen and oxygen atoms in total. The van der Waals surface area contributed by atoms with Crippen LogP contribution in [0.15, 0.2) is 97.1 Å². The molecule has 1 unspecified atom stereocenters. The summed E-state index contributed by atoms with van der Waals surface area (Å²) in [6, 6.07) is 31.7. The molecule has 1 atom stereocenters. The van der Waals surface area contributed by atoms with Crippen LogP contribution in [-0.2, 0) is 19.1 Å². The first-order chi connectivity index (χ1) is 20.0. The van der Waals surface area contributed by atoms with Crippen LogP contribution in [0.4, 0.5) is 4.79 Å². The zero-order valence-electron chi connectivity index (χ0n) is 22.8. The standard InChI is InChI=1S/C35H31NO5/c1-22(37)33(36-35(39)41-21-32-29-16-8-4-12-25(29)26-13-5-9-17-30(26)32)18-19-34(38)40-20-31-27-14-6-2-10-23(27)24-11-3-7-15-28(24)31/h2-17,31-33H,18-21H2,1H3,(H,36,39). The molecule has 4 aromatic rings. The third kappa shape index (κ3) is 5.25. The fourth-order valence-corrected chi connectivity index (χ4v) is 6.11. The molecule has 0 spiro atoms. The van der Waals surface area contributed by atoms with Crippen molar-refractivity contribution >= 4 is 17.8 Å². The van der Waals surface area contributed by atoms with Crippen LogP contribution in [0.2, 0.25) is 0 Å². The van der Waals surface area contributed by atoms with Gasteiger partial charge in [-0.05, 0) is 57.9 Å². The van der Waals surface area contributed by atoms with E-state index in [9.17, 15) is 14.4 Å². The number of nitrogens with one attached hydrogen (secondary N) is 1. The van der Waals surface area contributed by atoms with Crippen LogP contribution in [0.3, 0.4) is 0 Å². The van der Waals surface area contributed by atoms with E-state index in [2.05, 4.69) is 41.7 Å². The first kappa shape index (κ1) is 26.5. The molecule has 0 aliphatic heterocycles. The van der Waals surface area contributed by atoms with Gasteiger partial charge in [-0.25, -0.2) is 4.79 Å². The van der Waals surface area contributed by atoms with Crippen molar-refractivity contribution < 1.29 is 23.9 Å². The summed E-state index contributed by atoms with van der Waals surface area (Å²) in [4.78, 5) is 37.7. The van der Waals surface area contributed by atoms with Crippen molar-refractivity contribution in [3.8, 4) is 22.3 Å². The Labute approximate surface area is 239 Å². The van der Waals surface area contributed by atoms with Gasteiger partial charge in [0, 0.05) is 18.3 Å². The van der Waals surface area contributed by atoms with Gasteiger partial charge in [0.2, 0.25) is 0 Å². The van der Waals surface area contributed by atoms with E-state index in [1.165, 1.54) is 6.92 Å². The van der Waals surface area contributed by atoms with Crippen molar-refractivity contribution in [3.63, 3.8) is 0 Å². The molecule has 0 heterocycles. The minimum atomic E-state index is -0.842. The minimum absolute atomic E-state index is 0.00388. The molecule has 0 radical (unpaired) electrons. The Morgan fingerprint density at radius 1 is 0.634 bits per heavy atom. The molecule has 41 heavy (non-hydrogen) atoms. The van der Waals surface area contributed by atoms with Gasteiger partial charge in [0.15, 0.2) is 5.78 Å². The summed E-state index contributed by atoms with van der Waals surface area (Å²) in [5, 5.41) is 2.65.